The van der Waals surface area contributed by atoms with E-state index >= 15 is 0 Å². The van der Waals surface area contributed by atoms with Gasteiger partial charge in [0, 0.05) is 10.8 Å². The Morgan fingerprint density at radius 2 is 1.00 bits per heavy atom. The van der Waals surface area contributed by atoms with Crippen LogP contribution in [0.3, 0.4) is 0 Å². The van der Waals surface area contributed by atoms with Gasteiger partial charge in [0.25, 0.3) is 0 Å². The van der Waals surface area contributed by atoms with E-state index in [1.165, 1.54) is 10.8 Å². The first-order valence-corrected chi connectivity index (χ1v) is 14.2. The molecule has 1 nitrogen and oxygen atoms in total. The van der Waals surface area contributed by atoms with Crippen molar-refractivity contribution in [2.45, 2.75) is 0 Å². The molecule has 0 unspecified atom stereocenters. The molecular weight excluding hydrogens is 520 g/mol. The lowest BCUT2D eigenvalue weighted by molar-refractivity contribution is 0.669. The molecule has 43 heavy (non-hydrogen) atoms. The number of para-hydroxylation sites is 1. The summed E-state index contributed by atoms with van der Waals surface area (Å²) in [5.74, 6) is 0. The Labute approximate surface area is 259 Å². The van der Waals surface area contributed by atoms with Crippen LogP contribution in [-0.4, -0.2) is 0 Å². The molecule has 8 aromatic carbocycles. The largest absolute Gasteiger partial charge is 0.456 e. The Balaban J connectivity index is 1.38. The van der Waals surface area contributed by atoms with Gasteiger partial charge in [-0.2, -0.15) is 0 Å². The average molecular weight is 554 g/mol. The summed E-state index contributed by atoms with van der Waals surface area (Å²) >= 11 is 0. The summed E-state index contributed by atoms with van der Waals surface area (Å²) in [5.41, 5.74) is 4.84. The van der Waals surface area contributed by atoms with Crippen LogP contribution in [0.1, 0.15) is 9.60 Å². The van der Waals surface area contributed by atoms with Crippen molar-refractivity contribution in [2.75, 3.05) is 0 Å². The minimum atomic E-state index is -0.456. The van der Waals surface area contributed by atoms with Crippen molar-refractivity contribution < 1.29 is 14.0 Å². The van der Waals surface area contributed by atoms with E-state index in [1.807, 2.05) is 54.6 Å². The van der Waals surface area contributed by atoms with Crippen molar-refractivity contribution >= 4 is 54.3 Å². The predicted molar refractivity (Wildman–Crippen MR) is 183 cm³/mol. The minimum Gasteiger partial charge on any atom is -0.456 e. The van der Waals surface area contributed by atoms with E-state index in [1.54, 1.807) is 0 Å². The zero-order valence-corrected chi connectivity index (χ0v) is 22.9. The van der Waals surface area contributed by atoms with E-state index in [0.717, 1.165) is 43.8 Å². The number of benzene rings is 8. The van der Waals surface area contributed by atoms with Gasteiger partial charge >= 0.3 is 0 Å². The standard InChI is InChI=1S/C42H26O/c1-2-15-31-27(11-1)12-10-21-32(31)28-13-9-14-29(25-28)41-34-17-3-5-19-36(34)42(37-20-6-4-18-35(37)41)30-23-24-40-38(26-30)33-16-7-8-22-39(33)43-40/h1-26H/i7D,8D,16D,22D,23D,24D,26D. The quantitative estimate of drug-likeness (QED) is 0.198. The van der Waals surface area contributed by atoms with Crippen LogP contribution in [-0.2, 0) is 0 Å². The molecular formula is C42H26O. The first kappa shape index (κ1) is 18.0. The fraction of sp³-hybridized carbons (Fsp3) is 0. The van der Waals surface area contributed by atoms with Crippen LogP contribution in [0.5, 0.6) is 0 Å². The maximum absolute atomic E-state index is 9.55. The van der Waals surface area contributed by atoms with Crippen molar-refractivity contribution in [1.82, 2.24) is 0 Å². The molecule has 9 aromatic rings. The molecule has 1 aromatic heterocycles. The highest BCUT2D eigenvalue weighted by atomic mass is 16.3. The van der Waals surface area contributed by atoms with Gasteiger partial charge in [0.15, 0.2) is 0 Å². The van der Waals surface area contributed by atoms with Crippen molar-refractivity contribution in [3.05, 3.63) is 158 Å². The molecule has 0 fully saturated rings. The van der Waals surface area contributed by atoms with Gasteiger partial charge in [-0.25, -0.2) is 0 Å². The van der Waals surface area contributed by atoms with Gasteiger partial charge < -0.3 is 4.42 Å². The summed E-state index contributed by atoms with van der Waals surface area (Å²) in [6.45, 7) is 0. The molecule has 0 bridgehead atoms. The number of furan rings is 1. The summed E-state index contributed by atoms with van der Waals surface area (Å²) in [6, 6.07) is 36.8. The lowest BCUT2D eigenvalue weighted by Gasteiger charge is -2.18. The molecule has 200 valence electrons. The first-order valence-electron chi connectivity index (χ1n) is 17.7. The molecule has 0 radical (unpaired) electrons. The highest BCUT2D eigenvalue weighted by Crippen LogP contribution is 2.45. The van der Waals surface area contributed by atoms with E-state index in [4.69, 9.17) is 11.3 Å². The summed E-state index contributed by atoms with van der Waals surface area (Å²) in [5, 5.41) is 5.91. The van der Waals surface area contributed by atoms with E-state index < -0.39 is 12.1 Å². The zero-order valence-electron chi connectivity index (χ0n) is 29.9. The number of fused-ring (bicyclic) bond motifs is 6. The van der Waals surface area contributed by atoms with Crippen LogP contribution in [0.25, 0.3) is 87.6 Å². The first-order chi connectivity index (χ1) is 24.3. The maximum atomic E-state index is 9.55. The topological polar surface area (TPSA) is 13.1 Å². The van der Waals surface area contributed by atoms with Crippen LogP contribution in [0, 0.1) is 0 Å². The summed E-state index contributed by atoms with van der Waals surface area (Å²) in [6.07, 6.45) is 0. The van der Waals surface area contributed by atoms with Crippen LogP contribution in [0.15, 0.2) is 162 Å². The Bertz CT molecular complexity index is 2850. The molecule has 0 N–H and O–H groups in total. The highest BCUT2D eigenvalue weighted by Gasteiger charge is 2.18. The maximum Gasteiger partial charge on any atom is 0.135 e. The van der Waals surface area contributed by atoms with Crippen molar-refractivity contribution in [3.8, 4) is 33.4 Å². The summed E-state index contributed by atoms with van der Waals surface area (Å²) < 4.78 is 67.3. The molecule has 0 aliphatic rings. The monoisotopic (exact) mass is 553 g/mol. The van der Waals surface area contributed by atoms with Gasteiger partial charge in [-0.15, -0.1) is 0 Å². The molecule has 1 heterocycles. The van der Waals surface area contributed by atoms with Gasteiger partial charge in [-0.1, -0.05) is 133 Å². The van der Waals surface area contributed by atoms with Gasteiger partial charge in [0.1, 0.15) is 11.2 Å². The van der Waals surface area contributed by atoms with Crippen molar-refractivity contribution in [1.29, 1.82) is 0 Å². The van der Waals surface area contributed by atoms with Crippen molar-refractivity contribution in [2.24, 2.45) is 0 Å². The molecule has 0 saturated heterocycles. The van der Waals surface area contributed by atoms with Gasteiger partial charge in [0.2, 0.25) is 0 Å². The second-order valence-electron chi connectivity index (χ2n) is 10.7. The fourth-order valence-electron chi connectivity index (χ4n) is 6.46. The lowest BCUT2D eigenvalue weighted by atomic mass is 9.85. The van der Waals surface area contributed by atoms with Gasteiger partial charge in [-0.3, -0.25) is 0 Å². The fourth-order valence-corrected chi connectivity index (χ4v) is 6.46. The molecule has 0 spiro atoms. The summed E-state index contributed by atoms with van der Waals surface area (Å²) in [4.78, 5) is 0. The molecule has 0 amide bonds. The van der Waals surface area contributed by atoms with Gasteiger partial charge in [-0.05, 0) is 89.9 Å². The second-order valence-corrected chi connectivity index (χ2v) is 10.7. The lowest BCUT2D eigenvalue weighted by Crippen LogP contribution is -1.91. The van der Waals surface area contributed by atoms with Crippen LogP contribution >= 0.6 is 0 Å². The average Bonchev–Trinajstić information content (AvgIpc) is 3.56. The molecule has 0 atom stereocenters. The number of hydrogen-bond donors (Lipinski definition) is 0. The van der Waals surface area contributed by atoms with E-state index in [2.05, 4.69) is 60.7 Å². The highest BCUT2D eigenvalue weighted by molar-refractivity contribution is 6.22. The third kappa shape index (κ3) is 3.72. The Morgan fingerprint density at radius 1 is 0.419 bits per heavy atom. The number of rotatable bonds is 3. The van der Waals surface area contributed by atoms with Crippen LogP contribution in [0.4, 0.5) is 0 Å². The minimum absolute atomic E-state index is 0.0428. The number of hydrogen-bond acceptors (Lipinski definition) is 1. The van der Waals surface area contributed by atoms with E-state index in [9.17, 15) is 2.74 Å². The third-order valence-corrected chi connectivity index (χ3v) is 8.32. The zero-order chi connectivity index (χ0) is 34.4. The smallest absolute Gasteiger partial charge is 0.135 e. The van der Waals surface area contributed by atoms with Crippen LogP contribution < -0.4 is 0 Å². The molecule has 0 aliphatic heterocycles. The molecule has 1 heteroatoms. The third-order valence-electron chi connectivity index (χ3n) is 8.32. The van der Waals surface area contributed by atoms with Gasteiger partial charge in [0.05, 0.1) is 9.60 Å². The van der Waals surface area contributed by atoms with E-state index in [-0.39, 0.29) is 57.7 Å². The molecule has 0 saturated carbocycles. The molecule has 9 rings (SSSR count). The van der Waals surface area contributed by atoms with Crippen molar-refractivity contribution in [3.63, 3.8) is 0 Å². The Hall–Kier alpha value is -5.66. The van der Waals surface area contributed by atoms with E-state index in [0.29, 0.717) is 5.56 Å². The summed E-state index contributed by atoms with van der Waals surface area (Å²) in [7, 11) is 0. The predicted octanol–water partition coefficient (Wildman–Crippen LogP) is 12.0. The normalized spacial score (nSPS) is 14.0. The Kier molecular flexibility index (Phi) is 3.95. The van der Waals surface area contributed by atoms with Crippen LogP contribution in [0.2, 0.25) is 0 Å². The SMILES string of the molecule is [2H]c1c([2H])c([2H])c2c(oc3c([2H])c([2H])c(-c4c5ccccc5c(-c5cccc(-c6cccc7ccccc67)c5)c5ccccc45)c([2H])c32)c1[2H]. The Morgan fingerprint density at radius 3 is 1.77 bits per heavy atom. The second kappa shape index (κ2) is 9.44. The molecule has 0 aliphatic carbocycles.